The molecule has 4 rings (SSSR count). The second-order valence-corrected chi connectivity index (χ2v) is 6.43. The van der Waals surface area contributed by atoms with Crippen molar-refractivity contribution in [2.24, 2.45) is 0 Å². The molecule has 0 amide bonds. The van der Waals surface area contributed by atoms with Gasteiger partial charge in [0.15, 0.2) is 12.4 Å². The SMILES string of the molecule is O=C(OC1C(O)[C@H]2OC(c3ccccc3)OCC2O[C@H]1F)c1ccccc1. The molecule has 6 atom stereocenters. The van der Waals surface area contributed by atoms with Gasteiger partial charge >= 0.3 is 5.97 Å². The van der Waals surface area contributed by atoms with E-state index in [1.807, 2.05) is 30.3 Å². The minimum absolute atomic E-state index is 0.0566. The third-order valence-electron chi connectivity index (χ3n) is 4.62. The van der Waals surface area contributed by atoms with Crippen molar-refractivity contribution < 1.29 is 33.2 Å². The first-order valence-corrected chi connectivity index (χ1v) is 8.69. The highest BCUT2D eigenvalue weighted by atomic mass is 19.1. The zero-order valence-electron chi connectivity index (χ0n) is 14.3. The third kappa shape index (κ3) is 3.72. The van der Waals surface area contributed by atoms with E-state index in [2.05, 4.69) is 0 Å². The van der Waals surface area contributed by atoms with Crippen LogP contribution >= 0.6 is 0 Å². The van der Waals surface area contributed by atoms with Gasteiger partial charge in [-0.15, -0.1) is 0 Å². The van der Waals surface area contributed by atoms with Gasteiger partial charge in [-0.1, -0.05) is 48.5 Å². The standard InChI is InChI=1S/C20H19FO6/c21-18-17(26-19(23)12-7-3-1-4-8-12)15(22)16-14(25-18)11-24-20(27-16)13-9-5-2-6-10-13/h1-10,14-18,20,22H,11H2/t14?,15?,16-,17?,18+,20?/m0/s1. The third-order valence-corrected chi connectivity index (χ3v) is 4.62. The molecule has 2 heterocycles. The van der Waals surface area contributed by atoms with Crippen molar-refractivity contribution in [3.8, 4) is 0 Å². The van der Waals surface area contributed by atoms with Gasteiger partial charge in [0.2, 0.25) is 6.36 Å². The maximum Gasteiger partial charge on any atom is 0.338 e. The summed E-state index contributed by atoms with van der Waals surface area (Å²) in [5.41, 5.74) is 1.03. The monoisotopic (exact) mass is 374 g/mol. The largest absolute Gasteiger partial charge is 0.450 e. The lowest BCUT2D eigenvalue weighted by Gasteiger charge is -2.45. The van der Waals surface area contributed by atoms with Crippen LogP contribution in [-0.2, 0) is 18.9 Å². The summed E-state index contributed by atoms with van der Waals surface area (Å²) in [5, 5.41) is 10.6. The summed E-state index contributed by atoms with van der Waals surface area (Å²) in [7, 11) is 0. The Balaban J connectivity index is 1.48. The fourth-order valence-electron chi connectivity index (χ4n) is 3.22. The summed E-state index contributed by atoms with van der Waals surface area (Å²) < 4.78 is 36.2. The molecule has 27 heavy (non-hydrogen) atoms. The summed E-state index contributed by atoms with van der Waals surface area (Å²) in [6, 6.07) is 17.4. The van der Waals surface area contributed by atoms with Gasteiger partial charge in [0.1, 0.15) is 18.3 Å². The van der Waals surface area contributed by atoms with Crippen LogP contribution in [0, 0.1) is 0 Å². The average Bonchev–Trinajstić information content (AvgIpc) is 2.72. The van der Waals surface area contributed by atoms with Crippen LogP contribution in [-0.4, -0.2) is 48.5 Å². The number of benzene rings is 2. The molecule has 2 aliphatic rings. The first-order valence-electron chi connectivity index (χ1n) is 8.69. The molecule has 1 N–H and O–H groups in total. The van der Waals surface area contributed by atoms with Gasteiger partial charge < -0.3 is 24.1 Å². The van der Waals surface area contributed by atoms with E-state index in [0.717, 1.165) is 5.56 Å². The second-order valence-electron chi connectivity index (χ2n) is 6.43. The number of alkyl halides is 1. The lowest BCUT2D eigenvalue weighted by atomic mass is 9.98. The van der Waals surface area contributed by atoms with Crippen LogP contribution in [0.15, 0.2) is 60.7 Å². The van der Waals surface area contributed by atoms with Crippen molar-refractivity contribution in [2.45, 2.75) is 37.1 Å². The maximum absolute atomic E-state index is 14.4. The summed E-state index contributed by atoms with van der Waals surface area (Å²) in [6.45, 7) is 0.0566. The van der Waals surface area contributed by atoms with Gasteiger partial charge in [-0.3, -0.25) is 0 Å². The Morgan fingerprint density at radius 1 is 1.04 bits per heavy atom. The van der Waals surface area contributed by atoms with Crippen LogP contribution in [0.25, 0.3) is 0 Å². The molecule has 2 aliphatic heterocycles. The van der Waals surface area contributed by atoms with Gasteiger partial charge in [-0.2, -0.15) is 0 Å². The molecule has 2 saturated heterocycles. The quantitative estimate of drug-likeness (QED) is 0.832. The first kappa shape index (κ1) is 18.1. The van der Waals surface area contributed by atoms with Crippen molar-refractivity contribution in [1.29, 1.82) is 0 Å². The molecule has 0 radical (unpaired) electrons. The molecular weight excluding hydrogens is 355 g/mol. The van der Waals surface area contributed by atoms with Gasteiger partial charge in [0.25, 0.3) is 0 Å². The molecule has 0 aliphatic carbocycles. The van der Waals surface area contributed by atoms with Gasteiger partial charge in [-0.25, -0.2) is 9.18 Å². The molecule has 7 heteroatoms. The number of ether oxygens (including phenoxy) is 4. The Labute approximate surface area is 155 Å². The van der Waals surface area contributed by atoms with E-state index in [9.17, 15) is 14.3 Å². The van der Waals surface area contributed by atoms with E-state index in [-0.39, 0.29) is 12.2 Å². The number of rotatable bonds is 3. The smallest absolute Gasteiger partial charge is 0.338 e. The number of carbonyl (C=O) groups is 1. The van der Waals surface area contributed by atoms with Crippen LogP contribution in [0.2, 0.25) is 0 Å². The molecule has 0 bridgehead atoms. The molecule has 142 valence electrons. The Morgan fingerprint density at radius 2 is 1.70 bits per heavy atom. The number of aliphatic hydroxyl groups excluding tert-OH is 1. The van der Waals surface area contributed by atoms with E-state index in [0.29, 0.717) is 0 Å². The number of halogens is 1. The van der Waals surface area contributed by atoms with Crippen molar-refractivity contribution in [1.82, 2.24) is 0 Å². The van der Waals surface area contributed by atoms with Crippen molar-refractivity contribution in [3.63, 3.8) is 0 Å². The minimum atomic E-state index is -1.98. The minimum Gasteiger partial charge on any atom is -0.450 e. The maximum atomic E-state index is 14.4. The fraction of sp³-hybridized carbons (Fsp3) is 0.350. The van der Waals surface area contributed by atoms with Crippen LogP contribution in [0.4, 0.5) is 4.39 Å². The molecule has 0 saturated carbocycles. The summed E-state index contributed by atoms with van der Waals surface area (Å²) >= 11 is 0. The first-order chi connectivity index (χ1) is 13.1. The molecule has 4 unspecified atom stereocenters. The Hall–Kier alpha value is -2.32. The summed E-state index contributed by atoms with van der Waals surface area (Å²) in [6.07, 6.45) is -7.25. The lowest BCUT2D eigenvalue weighted by molar-refractivity contribution is -0.342. The molecule has 0 spiro atoms. The van der Waals surface area contributed by atoms with Crippen LogP contribution in [0.5, 0.6) is 0 Å². The Kier molecular flexibility index (Phi) is 5.18. The van der Waals surface area contributed by atoms with E-state index in [1.54, 1.807) is 30.3 Å². The topological polar surface area (TPSA) is 74.2 Å². The summed E-state index contributed by atoms with van der Waals surface area (Å²) in [4.78, 5) is 12.2. The Morgan fingerprint density at radius 3 is 2.41 bits per heavy atom. The lowest BCUT2D eigenvalue weighted by Crippen LogP contribution is -2.61. The second kappa shape index (κ2) is 7.74. The van der Waals surface area contributed by atoms with E-state index < -0.39 is 43.0 Å². The summed E-state index contributed by atoms with van der Waals surface area (Å²) in [5.74, 6) is -0.740. The fourth-order valence-corrected chi connectivity index (χ4v) is 3.22. The number of aliphatic hydroxyl groups is 1. The molecular formula is C20H19FO6. The van der Waals surface area contributed by atoms with Crippen LogP contribution < -0.4 is 0 Å². The van der Waals surface area contributed by atoms with Crippen molar-refractivity contribution >= 4 is 5.97 Å². The highest BCUT2D eigenvalue weighted by Gasteiger charge is 2.51. The van der Waals surface area contributed by atoms with Gasteiger partial charge in [-0.05, 0) is 12.1 Å². The predicted molar refractivity (Wildman–Crippen MR) is 91.4 cm³/mol. The number of hydrogen-bond donors (Lipinski definition) is 1. The normalized spacial score (nSPS) is 33.1. The number of esters is 1. The highest BCUT2D eigenvalue weighted by molar-refractivity contribution is 5.89. The van der Waals surface area contributed by atoms with Crippen LogP contribution in [0.1, 0.15) is 22.2 Å². The predicted octanol–water partition coefficient (Wildman–Crippen LogP) is 2.38. The highest BCUT2D eigenvalue weighted by Crippen LogP contribution is 2.35. The van der Waals surface area contributed by atoms with E-state index in [1.165, 1.54) is 0 Å². The molecule has 2 aromatic rings. The number of hydrogen-bond acceptors (Lipinski definition) is 6. The molecule has 2 fully saturated rings. The zero-order chi connectivity index (χ0) is 18.8. The van der Waals surface area contributed by atoms with Crippen LogP contribution in [0.3, 0.4) is 0 Å². The molecule has 6 nitrogen and oxygen atoms in total. The van der Waals surface area contributed by atoms with Gasteiger partial charge in [0.05, 0.1) is 12.2 Å². The van der Waals surface area contributed by atoms with Crippen molar-refractivity contribution in [3.05, 3.63) is 71.8 Å². The Bertz CT molecular complexity index is 771. The van der Waals surface area contributed by atoms with Crippen molar-refractivity contribution in [2.75, 3.05) is 6.61 Å². The van der Waals surface area contributed by atoms with E-state index >= 15 is 0 Å². The average molecular weight is 374 g/mol. The number of carbonyl (C=O) groups excluding carboxylic acids is 1. The zero-order valence-corrected chi connectivity index (χ0v) is 14.3. The number of fused-ring (bicyclic) bond motifs is 1. The van der Waals surface area contributed by atoms with E-state index in [4.69, 9.17) is 18.9 Å². The molecule has 0 aromatic heterocycles. The molecule has 2 aromatic carbocycles. The van der Waals surface area contributed by atoms with Gasteiger partial charge in [0, 0.05) is 5.56 Å².